The molecule has 3 unspecified atom stereocenters. The van der Waals surface area contributed by atoms with Crippen LogP contribution in [0.5, 0.6) is 0 Å². The minimum atomic E-state index is -0.670. The maximum Gasteiger partial charge on any atom is 0.329 e. The van der Waals surface area contributed by atoms with Crippen molar-refractivity contribution in [1.29, 1.82) is 0 Å². The second-order valence-corrected chi connectivity index (χ2v) is 9.48. The molecule has 26 heavy (non-hydrogen) atoms. The molecule has 1 heterocycles. The lowest BCUT2D eigenvalue weighted by Gasteiger charge is -2.32. The molecule has 6 nitrogen and oxygen atoms in total. The highest BCUT2D eigenvalue weighted by Gasteiger charge is 2.44. The van der Waals surface area contributed by atoms with Gasteiger partial charge < -0.3 is 15.0 Å². The molecule has 2 aliphatic rings. The molecular weight excluding hydrogens is 352 g/mol. The highest BCUT2D eigenvalue weighted by Crippen LogP contribution is 2.37. The molecular formula is C19H32N2O4S. The SMILES string of the molecule is CCC(C)C(NC(=O)C1CSC(C)(C)N1C=O)C(=O)OC1CCCCC1. The Labute approximate surface area is 160 Å². The van der Waals surface area contributed by atoms with E-state index in [1.54, 1.807) is 11.8 Å². The van der Waals surface area contributed by atoms with Gasteiger partial charge in [0.2, 0.25) is 12.3 Å². The topological polar surface area (TPSA) is 75.7 Å². The van der Waals surface area contributed by atoms with Crippen LogP contribution in [-0.4, -0.2) is 52.0 Å². The van der Waals surface area contributed by atoms with Gasteiger partial charge in [-0.1, -0.05) is 26.7 Å². The van der Waals surface area contributed by atoms with E-state index in [0.29, 0.717) is 5.75 Å². The number of amides is 2. The maximum atomic E-state index is 12.8. The van der Waals surface area contributed by atoms with E-state index in [2.05, 4.69) is 5.32 Å². The zero-order valence-electron chi connectivity index (χ0n) is 16.3. The Kier molecular flexibility index (Phi) is 7.38. The fraction of sp³-hybridized carbons (Fsp3) is 0.842. The van der Waals surface area contributed by atoms with E-state index in [-0.39, 0.29) is 23.9 Å². The van der Waals surface area contributed by atoms with E-state index in [4.69, 9.17) is 4.74 Å². The molecule has 1 aliphatic heterocycles. The van der Waals surface area contributed by atoms with Crippen molar-refractivity contribution in [2.45, 2.75) is 89.3 Å². The molecule has 0 aromatic heterocycles. The van der Waals surface area contributed by atoms with Crippen molar-refractivity contribution in [3.05, 3.63) is 0 Å². The Balaban J connectivity index is 2.03. The van der Waals surface area contributed by atoms with Crippen LogP contribution < -0.4 is 5.32 Å². The maximum absolute atomic E-state index is 12.8. The normalized spacial score (nSPS) is 25.4. The summed E-state index contributed by atoms with van der Waals surface area (Å²) in [7, 11) is 0. The van der Waals surface area contributed by atoms with E-state index in [1.807, 2.05) is 27.7 Å². The van der Waals surface area contributed by atoms with Crippen LogP contribution in [0.1, 0.15) is 66.2 Å². The molecule has 0 aromatic carbocycles. The lowest BCUT2D eigenvalue weighted by atomic mass is 9.96. The molecule has 7 heteroatoms. The molecule has 3 atom stereocenters. The summed E-state index contributed by atoms with van der Waals surface area (Å²) in [6, 6.07) is -1.22. The van der Waals surface area contributed by atoms with Crippen LogP contribution in [-0.2, 0) is 19.1 Å². The first-order valence-corrected chi connectivity index (χ1v) is 10.7. The Morgan fingerprint density at radius 3 is 2.54 bits per heavy atom. The van der Waals surface area contributed by atoms with Gasteiger partial charge in [0.15, 0.2) is 0 Å². The largest absolute Gasteiger partial charge is 0.461 e. The van der Waals surface area contributed by atoms with Crippen molar-refractivity contribution in [3.63, 3.8) is 0 Å². The number of rotatable bonds is 7. The average molecular weight is 385 g/mol. The number of hydrogen-bond donors (Lipinski definition) is 1. The number of nitrogens with one attached hydrogen (secondary N) is 1. The van der Waals surface area contributed by atoms with Crippen molar-refractivity contribution in [1.82, 2.24) is 10.2 Å². The second-order valence-electron chi connectivity index (χ2n) is 7.85. The van der Waals surface area contributed by atoms with Crippen molar-refractivity contribution < 1.29 is 19.1 Å². The van der Waals surface area contributed by atoms with Crippen molar-refractivity contribution in [3.8, 4) is 0 Å². The summed E-state index contributed by atoms with van der Waals surface area (Å²) in [5.41, 5.74) is 0. The molecule has 148 valence electrons. The van der Waals surface area contributed by atoms with Gasteiger partial charge >= 0.3 is 5.97 Å². The summed E-state index contributed by atoms with van der Waals surface area (Å²) in [6.07, 6.45) is 6.61. The third-order valence-electron chi connectivity index (χ3n) is 5.57. The first-order valence-electron chi connectivity index (χ1n) is 9.68. The lowest BCUT2D eigenvalue weighted by molar-refractivity contribution is -0.156. The van der Waals surface area contributed by atoms with E-state index < -0.39 is 17.0 Å². The molecule has 2 amide bonds. The zero-order valence-corrected chi connectivity index (χ0v) is 17.1. The average Bonchev–Trinajstić information content (AvgIpc) is 2.93. The van der Waals surface area contributed by atoms with Gasteiger partial charge in [0.05, 0.1) is 4.87 Å². The lowest BCUT2D eigenvalue weighted by Crippen LogP contribution is -2.55. The fourth-order valence-electron chi connectivity index (χ4n) is 3.55. The quantitative estimate of drug-likeness (QED) is 0.539. The summed E-state index contributed by atoms with van der Waals surface area (Å²) >= 11 is 1.56. The standard InChI is InChI=1S/C19H32N2O4S/c1-5-13(2)16(18(24)25-14-9-7-6-8-10-14)20-17(23)15-11-26-19(3,4)21(15)12-22/h12-16H,5-11H2,1-4H3,(H,20,23). The monoisotopic (exact) mass is 384 g/mol. The molecule has 2 fully saturated rings. The Hall–Kier alpha value is -1.24. The summed E-state index contributed by atoms with van der Waals surface area (Å²) in [5, 5.41) is 2.87. The minimum Gasteiger partial charge on any atom is -0.461 e. The van der Waals surface area contributed by atoms with E-state index >= 15 is 0 Å². The van der Waals surface area contributed by atoms with Gasteiger partial charge in [0, 0.05) is 5.75 Å². The number of hydrogen-bond acceptors (Lipinski definition) is 5. The molecule has 1 saturated heterocycles. The highest BCUT2D eigenvalue weighted by atomic mass is 32.2. The third-order valence-corrected chi connectivity index (χ3v) is 6.97. The smallest absolute Gasteiger partial charge is 0.329 e. The summed E-state index contributed by atoms with van der Waals surface area (Å²) in [4.78, 5) is 38.1. The van der Waals surface area contributed by atoms with Crippen LogP contribution >= 0.6 is 11.8 Å². The number of nitrogens with zero attached hydrogens (tertiary/aromatic N) is 1. The van der Waals surface area contributed by atoms with Crippen LogP contribution in [0.25, 0.3) is 0 Å². The van der Waals surface area contributed by atoms with Gasteiger partial charge in [0.25, 0.3) is 0 Å². The van der Waals surface area contributed by atoms with Crippen LogP contribution in [0.2, 0.25) is 0 Å². The first kappa shape index (κ1) is 21.1. The van der Waals surface area contributed by atoms with Crippen LogP contribution in [0.3, 0.4) is 0 Å². The number of thioether (sulfide) groups is 1. The van der Waals surface area contributed by atoms with Gasteiger partial charge in [-0.25, -0.2) is 4.79 Å². The summed E-state index contributed by atoms with van der Waals surface area (Å²) < 4.78 is 5.69. The van der Waals surface area contributed by atoms with Crippen molar-refractivity contribution in [2.24, 2.45) is 5.92 Å². The number of esters is 1. The predicted octanol–water partition coefficient (Wildman–Crippen LogP) is 2.70. The van der Waals surface area contributed by atoms with Crippen molar-refractivity contribution >= 4 is 30.0 Å². The first-order chi connectivity index (χ1) is 12.3. The van der Waals surface area contributed by atoms with Crippen LogP contribution in [0, 0.1) is 5.92 Å². The van der Waals surface area contributed by atoms with Crippen LogP contribution in [0.4, 0.5) is 0 Å². The molecule has 0 spiro atoms. The number of carbonyl (C=O) groups excluding carboxylic acids is 3. The fourth-order valence-corrected chi connectivity index (χ4v) is 4.75. The van der Waals surface area contributed by atoms with E-state index in [9.17, 15) is 14.4 Å². The second kappa shape index (κ2) is 9.11. The third kappa shape index (κ3) is 4.93. The van der Waals surface area contributed by atoms with E-state index in [1.165, 1.54) is 11.3 Å². The van der Waals surface area contributed by atoms with Gasteiger partial charge in [-0.2, -0.15) is 0 Å². The van der Waals surface area contributed by atoms with Gasteiger partial charge in [0.1, 0.15) is 18.2 Å². The molecule has 1 N–H and O–H groups in total. The molecule has 0 aromatic rings. The Bertz CT molecular complexity index is 520. The molecule has 0 bridgehead atoms. The Morgan fingerprint density at radius 2 is 1.96 bits per heavy atom. The number of ether oxygens (including phenoxy) is 1. The van der Waals surface area contributed by atoms with Gasteiger partial charge in [-0.05, 0) is 45.4 Å². The molecule has 1 aliphatic carbocycles. The van der Waals surface area contributed by atoms with E-state index in [0.717, 1.165) is 38.5 Å². The molecule has 0 radical (unpaired) electrons. The Morgan fingerprint density at radius 1 is 1.31 bits per heavy atom. The van der Waals surface area contributed by atoms with Gasteiger partial charge in [-0.15, -0.1) is 11.8 Å². The van der Waals surface area contributed by atoms with Gasteiger partial charge in [-0.3, -0.25) is 9.59 Å². The zero-order chi connectivity index (χ0) is 19.3. The highest BCUT2D eigenvalue weighted by molar-refractivity contribution is 8.00. The number of carbonyl (C=O) groups is 3. The van der Waals surface area contributed by atoms with Crippen molar-refractivity contribution in [2.75, 3.05) is 5.75 Å². The molecule has 1 saturated carbocycles. The molecule has 2 rings (SSSR count). The summed E-state index contributed by atoms with van der Waals surface area (Å²) in [6.45, 7) is 7.77. The predicted molar refractivity (Wildman–Crippen MR) is 103 cm³/mol. The summed E-state index contributed by atoms with van der Waals surface area (Å²) in [5.74, 6) is -0.118. The minimum absolute atomic E-state index is 0.0261. The van der Waals surface area contributed by atoms with Crippen LogP contribution in [0.15, 0.2) is 0 Å².